The van der Waals surface area contributed by atoms with Gasteiger partial charge in [0.15, 0.2) is 0 Å². The smallest absolute Gasteiger partial charge is 0.352 e. The van der Waals surface area contributed by atoms with Crippen LogP contribution in [0.2, 0.25) is 50.4 Å². The normalized spacial score (nSPS) is 21.2. The van der Waals surface area contributed by atoms with Crippen molar-refractivity contribution in [3.8, 4) is 0 Å². The second-order valence-electron chi connectivity index (χ2n) is 16.0. The summed E-state index contributed by atoms with van der Waals surface area (Å²) in [4.78, 5) is 38.8. The molecule has 0 unspecified atom stereocenters. The Kier molecular flexibility index (Phi) is 9.94. The van der Waals surface area contributed by atoms with Crippen molar-refractivity contribution in [2.24, 2.45) is 5.73 Å². The van der Waals surface area contributed by atoms with Crippen LogP contribution in [0.1, 0.15) is 105 Å². The SMILES string of the molecule is C[Si]1(C)CCC(N)CC1.Cc1c(C(=O)NC2CC[Si](C)(C)CC2)[nH]c2nc(C3CC3)sc12.Cc1c(C(=O)O)[nH]c2nc(C3CC3)sc12. The van der Waals surface area contributed by atoms with E-state index in [-0.39, 0.29) is 11.6 Å². The lowest BCUT2D eigenvalue weighted by Gasteiger charge is -2.33. The van der Waals surface area contributed by atoms with Crippen LogP contribution in [0.4, 0.5) is 0 Å². The second kappa shape index (κ2) is 13.5. The number of carbonyl (C=O) groups is 2. The van der Waals surface area contributed by atoms with E-state index in [4.69, 9.17) is 15.8 Å². The molecule has 13 heteroatoms. The molecular weight excluding hydrogens is 661 g/mol. The minimum Gasteiger partial charge on any atom is -0.477 e. The van der Waals surface area contributed by atoms with Gasteiger partial charge in [-0.1, -0.05) is 50.4 Å². The van der Waals surface area contributed by atoms with Gasteiger partial charge in [0.05, 0.1) is 19.4 Å². The van der Waals surface area contributed by atoms with Crippen LogP contribution in [0.3, 0.4) is 0 Å². The molecule has 6 heterocycles. The minimum absolute atomic E-state index is 0.0482. The molecule has 4 aliphatic rings. The topological polar surface area (TPSA) is 150 Å². The van der Waals surface area contributed by atoms with Crippen molar-refractivity contribution in [2.75, 3.05) is 0 Å². The summed E-state index contributed by atoms with van der Waals surface area (Å²) in [6, 6.07) is 6.43. The first-order valence-electron chi connectivity index (χ1n) is 17.5. The molecule has 4 fully saturated rings. The van der Waals surface area contributed by atoms with Crippen molar-refractivity contribution in [1.82, 2.24) is 25.3 Å². The molecule has 4 aromatic heterocycles. The molecule has 2 saturated heterocycles. The van der Waals surface area contributed by atoms with Gasteiger partial charge < -0.3 is 26.1 Å². The third-order valence-electron chi connectivity index (χ3n) is 10.6. The number of amides is 1. The maximum atomic E-state index is 12.6. The Morgan fingerprint density at radius 1 is 0.745 bits per heavy atom. The number of aromatic nitrogens is 4. The molecule has 9 nitrogen and oxygen atoms in total. The van der Waals surface area contributed by atoms with Gasteiger partial charge >= 0.3 is 5.97 Å². The van der Waals surface area contributed by atoms with Gasteiger partial charge in [0.2, 0.25) is 0 Å². The van der Waals surface area contributed by atoms with Crippen LogP contribution in [-0.2, 0) is 0 Å². The molecule has 0 aromatic carbocycles. The number of nitrogens with one attached hydrogen (secondary N) is 3. The molecule has 8 rings (SSSR count). The largest absolute Gasteiger partial charge is 0.477 e. The van der Waals surface area contributed by atoms with Crippen LogP contribution in [0.5, 0.6) is 0 Å². The Hall–Kier alpha value is -2.33. The zero-order valence-electron chi connectivity index (χ0n) is 28.8. The number of rotatable bonds is 5. The van der Waals surface area contributed by atoms with Gasteiger partial charge in [-0.05, 0) is 70.8 Å². The Morgan fingerprint density at radius 3 is 1.57 bits per heavy atom. The van der Waals surface area contributed by atoms with Crippen LogP contribution in [0.15, 0.2) is 0 Å². The number of fused-ring (bicyclic) bond motifs is 2. The minimum atomic E-state index is -0.968. The van der Waals surface area contributed by atoms with Gasteiger partial charge in [0.25, 0.3) is 5.91 Å². The van der Waals surface area contributed by atoms with Crippen molar-refractivity contribution in [1.29, 1.82) is 0 Å². The fourth-order valence-electron chi connectivity index (χ4n) is 6.68. The summed E-state index contributed by atoms with van der Waals surface area (Å²) < 4.78 is 2.16. The average Bonchev–Trinajstić information content (AvgIpc) is 3.91. The first-order valence-corrected chi connectivity index (χ1v) is 25.9. The van der Waals surface area contributed by atoms with Crippen molar-refractivity contribution in [3.05, 3.63) is 32.5 Å². The van der Waals surface area contributed by atoms with Gasteiger partial charge in [-0.3, -0.25) is 4.79 Å². The number of aryl methyl sites for hydroxylation is 2. The number of thiazole rings is 2. The number of aromatic carboxylic acids is 1. The summed E-state index contributed by atoms with van der Waals surface area (Å²) in [6.45, 7) is 13.7. The Bertz CT molecular complexity index is 1740. The van der Waals surface area contributed by atoms with E-state index < -0.39 is 22.1 Å². The third-order valence-corrected chi connectivity index (χ3v) is 19.8. The molecule has 0 bridgehead atoms. The molecule has 0 atom stereocenters. The maximum absolute atomic E-state index is 12.6. The zero-order chi connectivity index (χ0) is 33.7. The van der Waals surface area contributed by atoms with E-state index in [1.807, 2.05) is 13.8 Å². The van der Waals surface area contributed by atoms with Crippen molar-refractivity contribution in [2.45, 2.75) is 139 Å². The quantitative estimate of drug-likeness (QED) is 0.131. The molecule has 47 heavy (non-hydrogen) atoms. The van der Waals surface area contributed by atoms with E-state index in [0.717, 1.165) is 49.7 Å². The molecular formula is C34H52N6O3S2Si2. The summed E-state index contributed by atoms with van der Waals surface area (Å²) >= 11 is 3.39. The van der Waals surface area contributed by atoms with E-state index in [9.17, 15) is 9.59 Å². The lowest BCUT2D eigenvalue weighted by Crippen LogP contribution is -2.42. The Morgan fingerprint density at radius 2 is 1.17 bits per heavy atom. The standard InChI is InChI=1S/C17H25N3OSSi.C10H10N2O2S.C7H17NSi/c1-10-13(16(21)18-12-6-8-23(2,3)9-7-12)19-15-14(10)22-17(20-15)11-4-5-11;1-4-6(10(13)14)11-8-7(4)15-9(12-8)5-2-3-5;1-9(2)5-3-7(8)4-6-9/h11-12,19H,4-9H2,1-3H3,(H,18,21);5,11H,2-3H2,1H3,(H,13,14);7H,3-6,8H2,1-2H3. The Labute approximate surface area is 288 Å². The average molecular weight is 713 g/mol. The number of nitrogens with two attached hydrogens (primary N) is 1. The predicted octanol–water partition coefficient (Wildman–Crippen LogP) is 8.74. The van der Waals surface area contributed by atoms with Gasteiger partial charge in [0.1, 0.15) is 22.7 Å². The molecule has 2 saturated carbocycles. The number of aromatic amines is 2. The molecule has 4 aromatic rings. The van der Waals surface area contributed by atoms with Crippen LogP contribution in [0, 0.1) is 13.8 Å². The first-order chi connectivity index (χ1) is 22.2. The molecule has 6 N–H and O–H groups in total. The maximum Gasteiger partial charge on any atom is 0.352 e. The Balaban J connectivity index is 0.000000138. The molecule has 1 amide bonds. The van der Waals surface area contributed by atoms with Crippen LogP contribution >= 0.6 is 22.7 Å². The molecule has 0 spiro atoms. The monoisotopic (exact) mass is 712 g/mol. The van der Waals surface area contributed by atoms with Crippen molar-refractivity contribution >= 4 is 71.4 Å². The van der Waals surface area contributed by atoms with Crippen molar-refractivity contribution in [3.63, 3.8) is 0 Å². The van der Waals surface area contributed by atoms with Crippen LogP contribution in [-0.4, -0.2) is 65.2 Å². The number of carboxylic acids is 1. The molecule has 2 aliphatic carbocycles. The lowest BCUT2D eigenvalue weighted by molar-refractivity contribution is 0.0690. The highest BCUT2D eigenvalue weighted by Gasteiger charge is 2.32. The third kappa shape index (κ3) is 8.29. The van der Waals surface area contributed by atoms with Gasteiger partial charge in [0, 0.05) is 45.6 Å². The van der Waals surface area contributed by atoms with Gasteiger partial charge in [-0.15, -0.1) is 22.7 Å². The van der Waals surface area contributed by atoms with E-state index in [1.165, 1.54) is 67.7 Å². The number of hydrogen-bond donors (Lipinski definition) is 5. The second-order valence-corrected chi connectivity index (χ2v) is 28.7. The lowest BCUT2D eigenvalue weighted by atomic mass is 10.1. The molecule has 256 valence electrons. The highest BCUT2D eigenvalue weighted by atomic mass is 32.1. The highest BCUT2D eigenvalue weighted by molar-refractivity contribution is 7.19. The van der Waals surface area contributed by atoms with E-state index in [0.29, 0.717) is 29.6 Å². The summed E-state index contributed by atoms with van der Waals surface area (Å²) in [5.41, 5.74) is 10.3. The number of nitrogens with zero attached hydrogens (tertiary/aromatic N) is 2. The van der Waals surface area contributed by atoms with Crippen LogP contribution in [0.25, 0.3) is 20.7 Å². The van der Waals surface area contributed by atoms with Gasteiger partial charge in [-0.25, -0.2) is 14.8 Å². The summed E-state index contributed by atoms with van der Waals surface area (Å²) in [5.74, 6) is 0.438. The van der Waals surface area contributed by atoms with Crippen LogP contribution < -0.4 is 11.1 Å². The van der Waals surface area contributed by atoms with Gasteiger partial charge in [-0.2, -0.15) is 0 Å². The summed E-state index contributed by atoms with van der Waals surface area (Å²) in [7, 11) is -1.68. The van der Waals surface area contributed by atoms with Crippen molar-refractivity contribution < 1.29 is 14.7 Å². The molecule has 2 aliphatic heterocycles. The predicted molar refractivity (Wildman–Crippen MR) is 200 cm³/mol. The number of carbonyl (C=O) groups excluding carboxylic acids is 1. The number of hydrogen-bond acceptors (Lipinski definition) is 7. The molecule has 0 radical (unpaired) electrons. The summed E-state index contributed by atoms with van der Waals surface area (Å²) in [6.07, 6.45) is 9.85. The first kappa shape index (κ1) is 34.5. The van der Waals surface area contributed by atoms with E-state index in [2.05, 4.69) is 46.5 Å². The highest BCUT2D eigenvalue weighted by Crippen LogP contribution is 2.45. The summed E-state index contributed by atoms with van der Waals surface area (Å²) in [5, 5.41) is 14.6. The van der Waals surface area contributed by atoms with E-state index >= 15 is 0 Å². The number of H-pyrrole nitrogens is 2. The zero-order valence-corrected chi connectivity index (χ0v) is 32.5. The van der Waals surface area contributed by atoms with E-state index in [1.54, 1.807) is 22.7 Å². The number of carboxylic acid groups (broad SMARTS) is 1. The fourth-order valence-corrected chi connectivity index (χ4v) is 14.1. The fraction of sp³-hybridized carbons (Fsp3) is 0.647.